The third kappa shape index (κ3) is 3.57. The maximum atomic E-state index is 11.8. The molecule has 98 valence electrons. The Balaban J connectivity index is 1.83. The molecule has 0 saturated carbocycles. The second kappa shape index (κ2) is 6.01. The number of rotatable bonds is 3. The Bertz CT molecular complexity index is 381. The summed E-state index contributed by atoms with van der Waals surface area (Å²) in [5.74, 6) is 0.262. The van der Waals surface area contributed by atoms with Crippen LogP contribution in [0, 0.1) is 5.92 Å². The van der Waals surface area contributed by atoms with Crippen LogP contribution in [0.4, 0.5) is 0 Å². The van der Waals surface area contributed by atoms with Crippen LogP contribution < -0.4 is 5.32 Å². The summed E-state index contributed by atoms with van der Waals surface area (Å²) in [5, 5.41) is 3.49. The van der Waals surface area contributed by atoms with Crippen LogP contribution in [-0.2, 0) is 4.74 Å². The molecule has 1 heterocycles. The van der Waals surface area contributed by atoms with Crippen molar-refractivity contribution < 1.29 is 9.53 Å². The van der Waals surface area contributed by atoms with Crippen molar-refractivity contribution in [2.75, 3.05) is 6.61 Å². The minimum absolute atomic E-state index is 0.213. The lowest BCUT2D eigenvalue weighted by atomic mass is 9.90. The second-order valence-corrected chi connectivity index (χ2v) is 5.27. The number of carbonyl (C=O) groups excluding carboxylic acids is 1. The summed E-state index contributed by atoms with van der Waals surface area (Å²) in [5.41, 5.74) is 0.632. The molecule has 1 N–H and O–H groups in total. The van der Waals surface area contributed by atoms with E-state index < -0.39 is 0 Å². The van der Waals surface area contributed by atoms with Crippen molar-refractivity contribution in [2.45, 2.75) is 38.8 Å². The quantitative estimate of drug-likeness (QED) is 0.834. The second-order valence-electron chi connectivity index (χ2n) is 5.27. The molecule has 0 spiro atoms. The van der Waals surface area contributed by atoms with Crippen LogP contribution in [0.5, 0.6) is 0 Å². The third-order valence-electron chi connectivity index (χ3n) is 3.40. The van der Waals surface area contributed by atoms with Crippen LogP contribution in [0.3, 0.4) is 0 Å². The van der Waals surface area contributed by atoms with E-state index in [1.54, 1.807) is 12.1 Å². The predicted molar refractivity (Wildman–Crippen MR) is 71.5 cm³/mol. The maximum Gasteiger partial charge on any atom is 0.338 e. The van der Waals surface area contributed by atoms with Gasteiger partial charge in [0.1, 0.15) is 0 Å². The monoisotopic (exact) mass is 247 g/mol. The predicted octanol–water partition coefficient (Wildman–Crippen LogP) is 2.62. The minimum atomic E-state index is -0.213. The van der Waals surface area contributed by atoms with Gasteiger partial charge in [-0.1, -0.05) is 18.2 Å². The van der Waals surface area contributed by atoms with Crippen molar-refractivity contribution in [3.63, 3.8) is 0 Å². The first-order valence-corrected chi connectivity index (χ1v) is 6.63. The van der Waals surface area contributed by atoms with E-state index >= 15 is 0 Å². The summed E-state index contributed by atoms with van der Waals surface area (Å²) in [6, 6.07) is 10.2. The van der Waals surface area contributed by atoms with Gasteiger partial charge >= 0.3 is 5.97 Å². The van der Waals surface area contributed by atoms with Gasteiger partial charge in [-0.15, -0.1) is 0 Å². The fourth-order valence-electron chi connectivity index (χ4n) is 2.71. The lowest BCUT2D eigenvalue weighted by molar-refractivity contribution is 0.0386. The van der Waals surface area contributed by atoms with Crippen molar-refractivity contribution in [1.29, 1.82) is 0 Å². The molecular weight excluding hydrogens is 226 g/mol. The largest absolute Gasteiger partial charge is 0.462 e. The molecule has 3 heteroatoms. The van der Waals surface area contributed by atoms with Gasteiger partial charge in [0, 0.05) is 12.1 Å². The minimum Gasteiger partial charge on any atom is -0.462 e. The standard InChI is InChI=1S/C15H21NO2/c1-11-8-13(9-12(2)16-11)10-18-15(17)14-6-4-3-5-7-14/h3-7,11-13,16H,8-10H2,1-2H3/t11-,12+,13?. The van der Waals surface area contributed by atoms with E-state index in [2.05, 4.69) is 19.2 Å². The van der Waals surface area contributed by atoms with Crippen molar-refractivity contribution in [3.05, 3.63) is 35.9 Å². The van der Waals surface area contributed by atoms with E-state index in [4.69, 9.17) is 4.74 Å². The van der Waals surface area contributed by atoms with Crippen LogP contribution in [0.25, 0.3) is 0 Å². The number of benzene rings is 1. The first-order chi connectivity index (χ1) is 8.65. The normalized spacial score (nSPS) is 27.8. The van der Waals surface area contributed by atoms with Crippen LogP contribution in [0.2, 0.25) is 0 Å². The molecule has 0 radical (unpaired) electrons. The molecule has 1 unspecified atom stereocenters. The molecule has 3 nitrogen and oxygen atoms in total. The first-order valence-electron chi connectivity index (χ1n) is 6.63. The Kier molecular flexibility index (Phi) is 4.37. The fraction of sp³-hybridized carbons (Fsp3) is 0.533. The number of hydrogen-bond acceptors (Lipinski definition) is 3. The zero-order valence-corrected chi connectivity index (χ0v) is 11.1. The van der Waals surface area contributed by atoms with Crippen molar-refractivity contribution in [2.24, 2.45) is 5.92 Å². The van der Waals surface area contributed by atoms with Crippen LogP contribution in [0.15, 0.2) is 30.3 Å². The Morgan fingerprint density at radius 1 is 1.22 bits per heavy atom. The maximum absolute atomic E-state index is 11.8. The van der Waals surface area contributed by atoms with Gasteiger partial charge < -0.3 is 10.1 Å². The summed E-state index contributed by atoms with van der Waals surface area (Å²) >= 11 is 0. The van der Waals surface area contributed by atoms with Crippen molar-refractivity contribution in [3.8, 4) is 0 Å². The highest BCUT2D eigenvalue weighted by molar-refractivity contribution is 5.89. The molecule has 1 aliphatic heterocycles. The summed E-state index contributed by atoms with van der Waals surface area (Å²) in [6.07, 6.45) is 2.15. The summed E-state index contributed by atoms with van der Waals surface area (Å²) < 4.78 is 5.40. The van der Waals surface area contributed by atoms with Gasteiger partial charge in [-0.2, -0.15) is 0 Å². The Hall–Kier alpha value is -1.35. The topological polar surface area (TPSA) is 38.3 Å². The number of ether oxygens (including phenoxy) is 1. The van der Waals surface area contributed by atoms with Crippen molar-refractivity contribution in [1.82, 2.24) is 5.32 Å². The molecule has 1 saturated heterocycles. The van der Waals surface area contributed by atoms with Gasteiger partial charge in [0.25, 0.3) is 0 Å². The average Bonchev–Trinajstić information content (AvgIpc) is 2.36. The summed E-state index contributed by atoms with van der Waals surface area (Å²) in [4.78, 5) is 11.8. The Morgan fingerprint density at radius 3 is 2.44 bits per heavy atom. The van der Waals surface area contributed by atoms with E-state index in [9.17, 15) is 4.79 Å². The van der Waals surface area contributed by atoms with Gasteiger partial charge in [-0.25, -0.2) is 4.79 Å². The number of hydrogen-bond donors (Lipinski definition) is 1. The van der Waals surface area contributed by atoms with Gasteiger partial charge in [-0.05, 0) is 44.7 Å². The first kappa shape index (κ1) is 13.1. The SMILES string of the molecule is C[C@@H]1CC(COC(=O)c2ccccc2)C[C@H](C)N1. The van der Waals surface area contributed by atoms with E-state index in [0.717, 1.165) is 12.8 Å². The van der Waals surface area contributed by atoms with Crippen LogP contribution in [-0.4, -0.2) is 24.7 Å². The molecule has 0 bridgehead atoms. The zero-order chi connectivity index (χ0) is 13.0. The molecular formula is C15H21NO2. The zero-order valence-electron chi connectivity index (χ0n) is 11.1. The smallest absolute Gasteiger partial charge is 0.338 e. The number of carbonyl (C=O) groups is 1. The third-order valence-corrected chi connectivity index (χ3v) is 3.40. The molecule has 0 aromatic heterocycles. The lowest BCUT2D eigenvalue weighted by Gasteiger charge is -2.32. The van der Waals surface area contributed by atoms with Crippen molar-refractivity contribution >= 4 is 5.97 Å². The number of piperidine rings is 1. The number of nitrogens with one attached hydrogen (secondary N) is 1. The average molecular weight is 247 g/mol. The van der Waals surface area contributed by atoms with Gasteiger partial charge in [0.05, 0.1) is 12.2 Å². The molecule has 1 fully saturated rings. The summed E-state index contributed by atoms with van der Waals surface area (Å²) in [6.45, 7) is 4.90. The molecule has 1 aromatic rings. The number of esters is 1. The highest BCUT2D eigenvalue weighted by Crippen LogP contribution is 2.20. The fourth-order valence-corrected chi connectivity index (χ4v) is 2.71. The van der Waals surface area contributed by atoms with Gasteiger partial charge in [0.15, 0.2) is 0 Å². The Morgan fingerprint density at radius 2 is 1.83 bits per heavy atom. The molecule has 0 aliphatic carbocycles. The highest BCUT2D eigenvalue weighted by atomic mass is 16.5. The van der Waals surface area contributed by atoms with E-state index in [-0.39, 0.29) is 5.97 Å². The van der Waals surface area contributed by atoms with E-state index in [0.29, 0.717) is 30.2 Å². The van der Waals surface area contributed by atoms with E-state index in [1.807, 2.05) is 18.2 Å². The van der Waals surface area contributed by atoms with Crippen LogP contribution in [0.1, 0.15) is 37.0 Å². The molecule has 1 aromatic carbocycles. The molecule has 1 aliphatic rings. The van der Waals surface area contributed by atoms with Gasteiger partial charge in [0.2, 0.25) is 0 Å². The van der Waals surface area contributed by atoms with E-state index in [1.165, 1.54) is 0 Å². The lowest BCUT2D eigenvalue weighted by Crippen LogP contribution is -2.43. The highest BCUT2D eigenvalue weighted by Gasteiger charge is 2.24. The Labute approximate surface area is 109 Å². The van der Waals surface area contributed by atoms with Crippen LogP contribution >= 0.6 is 0 Å². The summed E-state index contributed by atoms with van der Waals surface area (Å²) in [7, 11) is 0. The molecule has 0 amide bonds. The van der Waals surface area contributed by atoms with Gasteiger partial charge in [-0.3, -0.25) is 0 Å². The molecule has 2 rings (SSSR count). The molecule has 3 atom stereocenters. The molecule has 18 heavy (non-hydrogen) atoms.